The molecular formula is C9H16N2O4S. The number of rotatable bonds is 4. The molecule has 1 heterocycles. The van der Waals surface area contributed by atoms with Crippen molar-refractivity contribution in [3.05, 3.63) is 23.9 Å². The molecule has 0 bridgehead atoms. The minimum atomic E-state index is -0.198. The molecule has 0 aromatic carbocycles. The van der Waals surface area contributed by atoms with E-state index in [0.717, 1.165) is 0 Å². The van der Waals surface area contributed by atoms with Crippen LogP contribution in [0.5, 0.6) is 0 Å². The van der Waals surface area contributed by atoms with E-state index >= 15 is 0 Å². The van der Waals surface area contributed by atoms with Gasteiger partial charge in [0.05, 0.1) is 12.2 Å². The zero-order chi connectivity index (χ0) is 10.4. The SMILES string of the molecule is CSc1ncccc1C(=O)NCCO.O.O. The predicted molar refractivity (Wildman–Crippen MR) is 62.7 cm³/mol. The van der Waals surface area contributed by atoms with Gasteiger partial charge in [-0.25, -0.2) is 4.98 Å². The van der Waals surface area contributed by atoms with E-state index in [1.54, 1.807) is 18.3 Å². The van der Waals surface area contributed by atoms with Gasteiger partial charge < -0.3 is 21.4 Å². The monoisotopic (exact) mass is 248 g/mol. The van der Waals surface area contributed by atoms with Crippen molar-refractivity contribution in [2.45, 2.75) is 5.03 Å². The number of thioether (sulfide) groups is 1. The van der Waals surface area contributed by atoms with Crippen molar-refractivity contribution in [2.75, 3.05) is 19.4 Å². The Bertz CT molecular complexity index is 322. The van der Waals surface area contributed by atoms with Crippen LogP contribution in [0.15, 0.2) is 23.4 Å². The van der Waals surface area contributed by atoms with Gasteiger partial charge in [-0.2, -0.15) is 0 Å². The third-order valence-electron chi connectivity index (χ3n) is 1.61. The summed E-state index contributed by atoms with van der Waals surface area (Å²) in [5.74, 6) is -0.198. The zero-order valence-electron chi connectivity index (χ0n) is 8.86. The van der Waals surface area contributed by atoms with Crippen LogP contribution in [0.4, 0.5) is 0 Å². The van der Waals surface area contributed by atoms with Gasteiger partial charge in [-0.3, -0.25) is 4.79 Å². The number of carbonyl (C=O) groups excluding carboxylic acids is 1. The highest BCUT2D eigenvalue weighted by Gasteiger charge is 2.09. The molecule has 0 saturated heterocycles. The molecule has 1 amide bonds. The fourth-order valence-electron chi connectivity index (χ4n) is 0.991. The highest BCUT2D eigenvalue weighted by molar-refractivity contribution is 7.98. The van der Waals surface area contributed by atoms with Crippen LogP contribution >= 0.6 is 11.8 Å². The fraction of sp³-hybridized carbons (Fsp3) is 0.333. The Balaban J connectivity index is 0. The van der Waals surface area contributed by atoms with Crippen molar-refractivity contribution < 1.29 is 20.9 Å². The number of aromatic nitrogens is 1. The molecule has 7 heteroatoms. The van der Waals surface area contributed by atoms with Gasteiger partial charge in [-0.15, -0.1) is 11.8 Å². The summed E-state index contributed by atoms with van der Waals surface area (Å²) in [4.78, 5) is 15.6. The van der Waals surface area contributed by atoms with Gasteiger partial charge in [-0.05, 0) is 18.4 Å². The summed E-state index contributed by atoms with van der Waals surface area (Å²) in [6.45, 7) is 0.210. The topological polar surface area (TPSA) is 125 Å². The molecule has 6 N–H and O–H groups in total. The van der Waals surface area contributed by atoms with E-state index in [-0.39, 0.29) is 30.0 Å². The number of aliphatic hydroxyl groups excluding tert-OH is 1. The number of hydrogen-bond acceptors (Lipinski definition) is 4. The molecule has 1 rings (SSSR count). The van der Waals surface area contributed by atoms with E-state index in [1.807, 2.05) is 6.26 Å². The molecule has 0 saturated carbocycles. The van der Waals surface area contributed by atoms with Gasteiger partial charge >= 0.3 is 0 Å². The maximum atomic E-state index is 11.5. The molecule has 0 fully saturated rings. The molecule has 92 valence electrons. The van der Waals surface area contributed by atoms with Crippen molar-refractivity contribution in [3.63, 3.8) is 0 Å². The molecule has 1 aromatic heterocycles. The maximum Gasteiger partial charge on any atom is 0.254 e. The largest absolute Gasteiger partial charge is 0.412 e. The van der Waals surface area contributed by atoms with Crippen molar-refractivity contribution in [1.29, 1.82) is 0 Å². The van der Waals surface area contributed by atoms with Gasteiger partial charge in [0.25, 0.3) is 5.91 Å². The molecule has 6 nitrogen and oxygen atoms in total. The normalized spacial score (nSPS) is 8.62. The zero-order valence-corrected chi connectivity index (χ0v) is 9.67. The first-order valence-electron chi connectivity index (χ1n) is 4.17. The van der Waals surface area contributed by atoms with Crippen molar-refractivity contribution in [3.8, 4) is 0 Å². The van der Waals surface area contributed by atoms with Crippen molar-refractivity contribution >= 4 is 17.7 Å². The summed E-state index contributed by atoms with van der Waals surface area (Å²) in [7, 11) is 0. The average molecular weight is 248 g/mol. The Morgan fingerprint density at radius 3 is 2.81 bits per heavy atom. The average Bonchev–Trinajstić information content (AvgIpc) is 2.25. The minimum absolute atomic E-state index is 0. The van der Waals surface area contributed by atoms with Crippen LogP contribution in [-0.2, 0) is 0 Å². The quantitative estimate of drug-likeness (QED) is 0.654. The number of amides is 1. The molecule has 0 aliphatic carbocycles. The van der Waals surface area contributed by atoms with Crippen molar-refractivity contribution in [1.82, 2.24) is 10.3 Å². The third kappa shape index (κ3) is 4.58. The first-order valence-corrected chi connectivity index (χ1v) is 5.40. The second-order valence-corrected chi connectivity index (χ2v) is 3.33. The van der Waals surface area contributed by atoms with Gasteiger partial charge in [0, 0.05) is 12.7 Å². The summed E-state index contributed by atoms with van der Waals surface area (Å²) >= 11 is 1.42. The Labute approximate surface area is 97.7 Å². The van der Waals surface area contributed by atoms with E-state index in [9.17, 15) is 4.79 Å². The molecular weight excluding hydrogens is 232 g/mol. The van der Waals surface area contributed by atoms with E-state index in [2.05, 4.69) is 10.3 Å². The first-order chi connectivity index (χ1) is 6.79. The molecule has 0 spiro atoms. The lowest BCUT2D eigenvalue weighted by Gasteiger charge is -2.05. The Hall–Kier alpha value is -1.15. The number of carbonyl (C=O) groups is 1. The molecule has 16 heavy (non-hydrogen) atoms. The standard InChI is InChI=1S/C9H12N2O2S.2H2O/c1-14-9-7(3-2-4-11-9)8(13)10-5-6-12;;/h2-4,12H,5-6H2,1H3,(H,10,13);2*1H2. The number of pyridine rings is 1. The van der Waals surface area contributed by atoms with E-state index in [4.69, 9.17) is 5.11 Å². The summed E-state index contributed by atoms with van der Waals surface area (Å²) < 4.78 is 0. The highest BCUT2D eigenvalue weighted by Crippen LogP contribution is 2.16. The number of nitrogens with zero attached hydrogens (tertiary/aromatic N) is 1. The Kier molecular flexibility index (Phi) is 9.82. The smallest absolute Gasteiger partial charge is 0.254 e. The van der Waals surface area contributed by atoms with Crippen LogP contribution in [0.1, 0.15) is 10.4 Å². The number of aliphatic hydroxyl groups is 1. The number of hydrogen-bond donors (Lipinski definition) is 2. The lowest BCUT2D eigenvalue weighted by atomic mass is 10.3. The third-order valence-corrected chi connectivity index (χ3v) is 2.32. The second-order valence-electron chi connectivity index (χ2n) is 2.54. The molecule has 0 aliphatic heterocycles. The van der Waals surface area contributed by atoms with Crippen LogP contribution < -0.4 is 5.32 Å². The van der Waals surface area contributed by atoms with Crippen LogP contribution in [0.25, 0.3) is 0 Å². The van der Waals surface area contributed by atoms with Gasteiger partial charge in [0.2, 0.25) is 0 Å². The molecule has 0 unspecified atom stereocenters. The molecule has 0 atom stereocenters. The van der Waals surface area contributed by atoms with Crippen LogP contribution in [-0.4, -0.2) is 46.4 Å². The minimum Gasteiger partial charge on any atom is -0.412 e. The van der Waals surface area contributed by atoms with E-state index in [1.165, 1.54) is 11.8 Å². The van der Waals surface area contributed by atoms with Crippen LogP contribution in [0, 0.1) is 0 Å². The van der Waals surface area contributed by atoms with Gasteiger partial charge in [0.1, 0.15) is 5.03 Å². The second kappa shape index (κ2) is 9.10. The Morgan fingerprint density at radius 2 is 2.25 bits per heavy atom. The van der Waals surface area contributed by atoms with Gasteiger partial charge in [-0.1, -0.05) is 0 Å². The summed E-state index contributed by atoms with van der Waals surface area (Å²) in [5, 5.41) is 11.8. The van der Waals surface area contributed by atoms with Crippen LogP contribution in [0.2, 0.25) is 0 Å². The fourth-order valence-corrected chi connectivity index (χ4v) is 1.54. The summed E-state index contributed by atoms with van der Waals surface area (Å²) in [6.07, 6.45) is 3.51. The highest BCUT2D eigenvalue weighted by atomic mass is 32.2. The predicted octanol–water partition coefficient (Wildman–Crippen LogP) is -1.12. The van der Waals surface area contributed by atoms with E-state index in [0.29, 0.717) is 10.6 Å². The lowest BCUT2D eigenvalue weighted by Crippen LogP contribution is -2.26. The van der Waals surface area contributed by atoms with E-state index < -0.39 is 0 Å². The first kappa shape index (κ1) is 17.3. The van der Waals surface area contributed by atoms with Gasteiger partial charge in [0.15, 0.2) is 0 Å². The lowest BCUT2D eigenvalue weighted by molar-refractivity contribution is 0.0941. The van der Waals surface area contributed by atoms with Crippen LogP contribution in [0.3, 0.4) is 0 Å². The molecule has 1 aromatic rings. The van der Waals surface area contributed by atoms with Crippen molar-refractivity contribution in [2.24, 2.45) is 0 Å². The molecule has 0 aliphatic rings. The molecule has 0 radical (unpaired) electrons. The Morgan fingerprint density at radius 1 is 1.56 bits per heavy atom. The summed E-state index contributed by atoms with van der Waals surface area (Å²) in [6, 6.07) is 3.43. The summed E-state index contributed by atoms with van der Waals surface area (Å²) in [5.41, 5.74) is 0.549. The maximum absolute atomic E-state index is 11.5. The number of nitrogens with one attached hydrogen (secondary N) is 1.